The topological polar surface area (TPSA) is 24.9 Å². The zero-order valence-corrected chi connectivity index (χ0v) is 11.6. The van der Waals surface area contributed by atoms with Gasteiger partial charge in [-0.2, -0.15) is 0 Å². The van der Waals surface area contributed by atoms with Crippen molar-refractivity contribution in [2.75, 3.05) is 0 Å². The highest BCUT2D eigenvalue weighted by Gasteiger charge is 2.07. The summed E-state index contributed by atoms with van der Waals surface area (Å²) < 4.78 is 14.4. The highest BCUT2D eigenvalue weighted by molar-refractivity contribution is 9.10. The first kappa shape index (κ1) is 13.2. The molecule has 0 saturated heterocycles. The van der Waals surface area contributed by atoms with Gasteiger partial charge in [0.2, 0.25) is 0 Å². The molecule has 4 heteroatoms. The van der Waals surface area contributed by atoms with E-state index in [0.717, 1.165) is 10.0 Å². The predicted molar refractivity (Wildman–Crippen MR) is 73.6 cm³/mol. The van der Waals surface area contributed by atoms with Gasteiger partial charge in [-0.25, -0.2) is 4.39 Å². The first-order valence-electron chi connectivity index (χ1n) is 5.74. The van der Waals surface area contributed by atoms with Crippen LogP contribution >= 0.6 is 15.9 Å². The molecule has 0 radical (unpaired) electrons. The number of hydrogen-bond donors (Lipinski definition) is 1. The van der Waals surface area contributed by atoms with Gasteiger partial charge in [-0.15, -0.1) is 0 Å². The van der Waals surface area contributed by atoms with E-state index in [0.29, 0.717) is 12.1 Å². The van der Waals surface area contributed by atoms with Crippen molar-refractivity contribution in [3.8, 4) is 0 Å². The molecule has 0 fully saturated rings. The third-order valence-electron chi connectivity index (χ3n) is 2.79. The summed E-state index contributed by atoms with van der Waals surface area (Å²) in [5, 5.41) is 3.28. The largest absolute Gasteiger partial charge is 0.306 e. The maximum absolute atomic E-state index is 13.5. The quantitative estimate of drug-likeness (QED) is 0.928. The molecule has 0 spiro atoms. The fourth-order valence-electron chi connectivity index (χ4n) is 1.69. The van der Waals surface area contributed by atoms with E-state index in [4.69, 9.17) is 0 Å². The Bertz CT molecular complexity index is 516. The van der Waals surface area contributed by atoms with Crippen LogP contribution in [0.25, 0.3) is 0 Å². The van der Waals surface area contributed by atoms with Crippen LogP contribution in [0.15, 0.2) is 47.2 Å². The van der Waals surface area contributed by atoms with Crippen LogP contribution in [-0.2, 0) is 6.54 Å². The summed E-state index contributed by atoms with van der Waals surface area (Å²) in [4.78, 5) is 4.07. The van der Waals surface area contributed by atoms with Crippen molar-refractivity contribution >= 4 is 15.9 Å². The van der Waals surface area contributed by atoms with Crippen LogP contribution in [0.5, 0.6) is 0 Å². The van der Waals surface area contributed by atoms with E-state index in [1.54, 1.807) is 18.3 Å². The maximum atomic E-state index is 13.5. The number of benzene rings is 1. The van der Waals surface area contributed by atoms with Crippen molar-refractivity contribution in [1.29, 1.82) is 0 Å². The van der Waals surface area contributed by atoms with Crippen LogP contribution in [0.3, 0.4) is 0 Å². The molecule has 0 aliphatic carbocycles. The number of pyridine rings is 1. The van der Waals surface area contributed by atoms with Crippen molar-refractivity contribution in [2.24, 2.45) is 0 Å². The monoisotopic (exact) mass is 308 g/mol. The first-order valence-corrected chi connectivity index (χ1v) is 6.53. The van der Waals surface area contributed by atoms with Gasteiger partial charge in [-0.05, 0) is 36.8 Å². The Morgan fingerprint density at radius 3 is 2.94 bits per heavy atom. The lowest BCUT2D eigenvalue weighted by atomic mass is 10.1. The van der Waals surface area contributed by atoms with Gasteiger partial charge in [0.05, 0.1) is 0 Å². The maximum Gasteiger partial charge on any atom is 0.127 e. The Morgan fingerprint density at radius 2 is 2.22 bits per heavy atom. The van der Waals surface area contributed by atoms with Crippen molar-refractivity contribution < 1.29 is 4.39 Å². The molecule has 0 aliphatic heterocycles. The minimum atomic E-state index is -0.191. The van der Waals surface area contributed by atoms with Gasteiger partial charge in [0.1, 0.15) is 5.82 Å². The molecule has 0 bridgehead atoms. The Balaban J connectivity index is 2.01. The van der Waals surface area contributed by atoms with Crippen molar-refractivity contribution in [3.05, 3.63) is 64.1 Å². The number of hydrogen-bond acceptors (Lipinski definition) is 2. The molecular weight excluding hydrogens is 295 g/mol. The smallest absolute Gasteiger partial charge is 0.127 e. The van der Waals surface area contributed by atoms with Crippen LogP contribution in [0.1, 0.15) is 24.1 Å². The van der Waals surface area contributed by atoms with E-state index in [2.05, 4.69) is 26.2 Å². The molecule has 1 heterocycles. The molecule has 2 aromatic rings. The summed E-state index contributed by atoms with van der Waals surface area (Å²) in [5.41, 5.74) is 1.74. The number of halogens is 2. The van der Waals surface area contributed by atoms with Crippen molar-refractivity contribution in [3.63, 3.8) is 0 Å². The minimum absolute atomic E-state index is 0.136. The average Bonchev–Trinajstić information content (AvgIpc) is 2.40. The second-order valence-electron chi connectivity index (χ2n) is 4.12. The molecule has 0 aliphatic rings. The third kappa shape index (κ3) is 3.37. The highest BCUT2D eigenvalue weighted by atomic mass is 79.9. The summed E-state index contributed by atoms with van der Waals surface area (Å²) in [5.74, 6) is -0.191. The molecular formula is C14H14BrFN2. The second-order valence-corrected chi connectivity index (χ2v) is 5.04. The normalized spacial score (nSPS) is 12.4. The highest BCUT2D eigenvalue weighted by Crippen LogP contribution is 2.17. The standard InChI is InChI=1S/C14H14BrFN2/c1-10(11-3-2-6-17-8-11)18-9-12-7-13(15)4-5-14(12)16/h2-8,10,18H,9H2,1H3. The van der Waals surface area contributed by atoms with Crippen LogP contribution in [0, 0.1) is 5.82 Å². The molecule has 18 heavy (non-hydrogen) atoms. The molecule has 1 atom stereocenters. The Hall–Kier alpha value is -1.26. The number of nitrogens with one attached hydrogen (secondary N) is 1. The third-order valence-corrected chi connectivity index (χ3v) is 3.28. The van der Waals surface area contributed by atoms with Gasteiger partial charge in [-0.1, -0.05) is 22.0 Å². The van der Waals surface area contributed by atoms with Gasteiger partial charge in [0, 0.05) is 35.0 Å². The summed E-state index contributed by atoms with van der Waals surface area (Å²) in [6.07, 6.45) is 3.55. The van der Waals surface area contributed by atoms with Gasteiger partial charge >= 0.3 is 0 Å². The molecule has 1 aromatic heterocycles. The fourth-order valence-corrected chi connectivity index (χ4v) is 2.10. The van der Waals surface area contributed by atoms with E-state index < -0.39 is 0 Å². The van der Waals surface area contributed by atoms with E-state index >= 15 is 0 Å². The zero-order chi connectivity index (χ0) is 13.0. The lowest BCUT2D eigenvalue weighted by Gasteiger charge is -2.14. The second kappa shape index (κ2) is 6.07. The van der Waals surface area contributed by atoms with Gasteiger partial charge in [0.25, 0.3) is 0 Å². The summed E-state index contributed by atoms with van der Waals surface area (Å²) >= 11 is 3.34. The number of aromatic nitrogens is 1. The van der Waals surface area contributed by atoms with Crippen LogP contribution in [-0.4, -0.2) is 4.98 Å². The van der Waals surface area contributed by atoms with Crippen LogP contribution < -0.4 is 5.32 Å². The van der Waals surface area contributed by atoms with Gasteiger partial charge in [-0.3, -0.25) is 4.98 Å². The molecule has 1 N–H and O–H groups in total. The molecule has 94 valence electrons. The van der Waals surface area contributed by atoms with Crippen LogP contribution in [0.4, 0.5) is 4.39 Å². The molecule has 1 aromatic carbocycles. The summed E-state index contributed by atoms with van der Waals surface area (Å²) in [6, 6.07) is 8.99. The molecule has 0 amide bonds. The molecule has 1 unspecified atom stereocenters. The molecule has 0 saturated carbocycles. The van der Waals surface area contributed by atoms with E-state index in [1.165, 1.54) is 6.07 Å². The van der Waals surface area contributed by atoms with Crippen LogP contribution in [0.2, 0.25) is 0 Å². The summed E-state index contributed by atoms with van der Waals surface area (Å²) in [6.45, 7) is 2.52. The van der Waals surface area contributed by atoms with E-state index in [1.807, 2.05) is 25.3 Å². The van der Waals surface area contributed by atoms with Gasteiger partial charge in [0.15, 0.2) is 0 Å². The van der Waals surface area contributed by atoms with Crippen molar-refractivity contribution in [1.82, 2.24) is 10.3 Å². The number of rotatable bonds is 4. The summed E-state index contributed by atoms with van der Waals surface area (Å²) in [7, 11) is 0. The Kier molecular flexibility index (Phi) is 4.44. The number of nitrogens with zero attached hydrogens (tertiary/aromatic N) is 1. The van der Waals surface area contributed by atoms with Gasteiger partial charge < -0.3 is 5.32 Å². The SMILES string of the molecule is CC(NCc1cc(Br)ccc1F)c1cccnc1. The van der Waals surface area contributed by atoms with Crippen molar-refractivity contribution in [2.45, 2.75) is 19.5 Å². The predicted octanol–water partition coefficient (Wildman–Crippen LogP) is 3.83. The lowest BCUT2D eigenvalue weighted by molar-refractivity contribution is 0.543. The Morgan fingerprint density at radius 1 is 1.39 bits per heavy atom. The van der Waals surface area contributed by atoms with E-state index in [9.17, 15) is 4.39 Å². The minimum Gasteiger partial charge on any atom is -0.306 e. The Labute approximate surface area is 114 Å². The van der Waals surface area contributed by atoms with E-state index in [-0.39, 0.29) is 11.9 Å². The average molecular weight is 309 g/mol. The zero-order valence-electron chi connectivity index (χ0n) is 10.0. The first-order chi connectivity index (χ1) is 8.66. The fraction of sp³-hybridized carbons (Fsp3) is 0.214. The molecule has 2 nitrogen and oxygen atoms in total. The molecule has 2 rings (SSSR count). The lowest BCUT2D eigenvalue weighted by Crippen LogP contribution is -2.18.